The molecule has 0 spiro atoms. The highest BCUT2D eigenvalue weighted by atomic mass is 35.5. The molecule has 6 nitrogen and oxygen atoms in total. The summed E-state index contributed by atoms with van der Waals surface area (Å²) in [4.78, 5) is 24.1. The highest BCUT2D eigenvalue weighted by molar-refractivity contribution is 6.34. The van der Waals surface area contributed by atoms with Gasteiger partial charge in [-0.15, -0.1) is 12.4 Å². The lowest BCUT2D eigenvalue weighted by Gasteiger charge is -2.13. The monoisotopic (exact) mass is 375 g/mol. The van der Waals surface area contributed by atoms with Gasteiger partial charge in [-0.2, -0.15) is 0 Å². The number of ether oxygens (including phenoxy) is 1. The Morgan fingerprint density at radius 2 is 2.12 bits per heavy atom. The molecule has 1 heterocycles. The van der Waals surface area contributed by atoms with E-state index >= 15 is 0 Å². The molecule has 0 radical (unpaired) electrons. The maximum Gasteiger partial charge on any atom is 0.253 e. The van der Waals surface area contributed by atoms with E-state index in [1.165, 1.54) is 0 Å². The Morgan fingerprint density at radius 1 is 1.38 bits per heavy atom. The lowest BCUT2D eigenvalue weighted by molar-refractivity contribution is -0.126. The third-order valence-electron chi connectivity index (χ3n) is 3.68. The van der Waals surface area contributed by atoms with Crippen molar-refractivity contribution in [2.45, 2.75) is 38.4 Å². The molecule has 0 bridgehead atoms. The number of halogens is 2. The van der Waals surface area contributed by atoms with Crippen molar-refractivity contribution in [3.05, 3.63) is 28.8 Å². The Bertz CT molecular complexity index is 584. The molecule has 8 heteroatoms. The molecule has 2 rings (SSSR count). The normalized spacial score (nSPS) is 19.5. The van der Waals surface area contributed by atoms with Crippen LogP contribution >= 0.6 is 24.0 Å². The Hall–Kier alpha value is -1.34. The second-order valence-corrected chi connectivity index (χ2v) is 5.91. The van der Waals surface area contributed by atoms with Crippen LogP contribution in [0.25, 0.3) is 0 Å². The number of rotatable bonds is 6. The van der Waals surface area contributed by atoms with Crippen LogP contribution in [-0.2, 0) is 9.53 Å². The molecule has 2 atom stereocenters. The number of carbonyl (C=O) groups excluding carboxylic acids is 2. The van der Waals surface area contributed by atoms with Crippen molar-refractivity contribution in [1.29, 1.82) is 0 Å². The second-order valence-electron chi connectivity index (χ2n) is 5.50. The minimum absolute atomic E-state index is 0. The van der Waals surface area contributed by atoms with Crippen molar-refractivity contribution in [2.75, 3.05) is 18.4 Å². The van der Waals surface area contributed by atoms with E-state index in [2.05, 4.69) is 10.6 Å². The van der Waals surface area contributed by atoms with Gasteiger partial charge in [0.25, 0.3) is 11.8 Å². The number of nitrogens with one attached hydrogen (secondary N) is 2. The van der Waals surface area contributed by atoms with Gasteiger partial charge in [0.05, 0.1) is 16.7 Å². The number of benzene rings is 1. The van der Waals surface area contributed by atoms with Gasteiger partial charge in [0.15, 0.2) is 0 Å². The number of carbonyl (C=O) groups is 2. The van der Waals surface area contributed by atoms with E-state index in [9.17, 15) is 9.59 Å². The van der Waals surface area contributed by atoms with Crippen LogP contribution in [0.5, 0.6) is 0 Å². The Labute approximate surface area is 152 Å². The number of anilines is 1. The fourth-order valence-electron chi connectivity index (χ4n) is 2.41. The quantitative estimate of drug-likeness (QED) is 0.711. The lowest BCUT2D eigenvalue weighted by atomic mass is 10.1. The molecule has 2 amide bonds. The van der Waals surface area contributed by atoms with Crippen LogP contribution < -0.4 is 16.4 Å². The number of nitrogens with two attached hydrogens (primary N) is 1. The average Bonchev–Trinajstić information content (AvgIpc) is 3.02. The molecule has 1 saturated heterocycles. The third-order valence-corrected chi connectivity index (χ3v) is 3.99. The topological polar surface area (TPSA) is 93.5 Å². The molecule has 134 valence electrons. The smallest absolute Gasteiger partial charge is 0.253 e. The van der Waals surface area contributed by atoms with Gasteiger partial charge in [0, 0.05) is 18.8 Å². The van der Waals surface area contributed by atoms with Crippen LogP contribution in [0.15, 0.2) is 18.2 Å². The zero-order valence-electron chi connectivity index (χ0n) is 13.5. The summed E-state index contributed by atoms with van der Waals surface area (Å²) in [5.41, 5.74) is 6.46. The van der Waals surface area contributed by atoms with Gasteiger partial charge < -0.3 is 21.1 Å². The molecule has 4 N–H and O–H groups in total. The van der Waals surface area contributed by atoms with Gasteiger partial charge in [-0.05, 0) is 37.5 Å². The van der Waals surface area contributed by atoms with E-state index in [0.29, 0.717) is 35.8 Å². The molecular formula is C16H23Cl2N3O3. The van der Waals surface area contributed by atoms with Gasteiger partial charge in [-0.25, -0.2) is 0 Å². The number of amides is 2. The van der Waals surface area contributed by atoms with E-state index in [1.807, 2.05) is 6.92 Å². The van der Waals surface area contributed by atoms with Gasteiger partial charge in [0.1, 0.15) is 6.10 Å². The van der Waals surface area contributed by atoms with Gasteiger partial charge in [-0.3, -0.25) is 9.59 Å². The third kappa shape index (κ3) is 5.34. The molecule has 0 aromatic heterocycles. The summed E-state index contributed by atoms with van der Waals surface area (Å²) < 4.78 is 5.55. The predicted molar refractivity (Wildman–Crippen MR) is 96.9 cm³/mol. The van der Waals surface area contributed by atoms with Crippen molar-refractivity contribution in [3.63, 3.8) is 0 Å². The molecule has 24 heavy (non-hydrogen) atoms. The van der Waals surface area contributed by atoms with Crippen molar-refractivity contribution in [1.82, 2.24) is 5.32 Å². The SMILES string of the molecule is CCCNC(=O)c1ccc(NC(=O)[C@@H]2CC[C@H](CN)O2)cc1Cl.Cl. The Balaban J connectivity index is 0.00000288. The Kier molecular flexibility index (Phi) is 8.48. The first-order valence-corrected chi connectivity index (χ1v) is 8.17. The predicted octanol–water partition coefficient (Wildman–Crippen LogP) is 2.35. The first-order chi connectivity index (χ1) is 11.0. The maximum absolute atomic E-state index is 12.1. The largest absolute Gasteiger partial charge is 0.364 e. The summed E-state index contributed by atoms with van der Waals surface area (Å²) in [5, 5.41) is 5.82. The zero-order chi connectivity index (χ0) is 16.8. The van der Waals surface area contributed by atoms with E-state index in [-0.39, 0.29) is 30.3 Å². The summed E-state index contributed by atoms with van der Waals surface area (Å²) in [7, 11) is 0. The van der Waals surface area contributed by atoms with Crippen molar-refractivity contribution in [3.8, 4) is 0 Å². The zero-order valence-corrected chi connectivity index (χ0v) is 15.1. The molecule has 1 fully saturated rings. The average molecular weight is 376 g/mol. The highest BCUT2D eigenvalue weighted by Crippen LogP contribution is 2.23. The molecule has 0 unspecified atom stereocenters. The minimum Gasteiger partial charge on any atom is -0.364 e. The van der Waals surface area contributed by atoms with Crippen LogP contribution in [0.2, 0.25) is 5.02 Å². The van der Waals surface area contributed by atoms with Gasteiger partial charge in [0.2, 0.25) is 0 Å². The van der Waals surface area contributed by atoms with E-state index in [1.54, 1.807) is 18.2 Å². The van der Waals surface area contributed by atoms with Crippen LogP contribution in [0.4, 0.5) is 5.69 Å². The number of hydrogen-bond acceptors (Lipinski definition) is 4. The standard InChI is InChI=1S/C16H22ClN3O3.ClH/c1-2-7-19-15(21)12-5-3-10(8-13(12)17)20-16(22)14-6-4-11(9-18)23-14;/h3,5,8,11,14H,2,4,6-7,9,18H2,1H3,(H,19,21)(H,20,22);1H/t11-,14+;/m1./s1. The summed E-state index contributed by atoms with van der Waals surface area (Å²) >= 11 is 6.13. The Morgan fingerprint density at radius 3 is 2.71 bits per heavy atom. The first kappa shape index (κ1) is 20.7. The summed E-state index contributed by atoms with van der Waals surface area (Å²) in [6, 6.07) is 4.82. The molecule has 0 saturated carbocycles. The van der Waals surface area contributed by atoms with Crippen LogP contribution in [0.3, 0.4) is 0 Å². The van der Waals surface area contributed by atoms with Gasteiger partial charge in [-0.1, -0.05) is 18.5 Å². The second kappa shape index (κ2) is 9.84. The van der Waals surface area contributed by atoms with E-state index in [4.69, 9.17) is 22.1 Å². The minimum atomic E-state index is -0.491. The summed E-state index contributed by atoms with van der Waals surface area (Å²) in [5.74, 6) is -0.445. The fraction of sp³-hybridized carbons (Fsp3) is 0.500. The van der Waals surface area contributed by atoms with Crippen molar-refractivity contribution >= 4 is 41.5 Å². The van der Waals surface area contributed by atoms with Crippen LogP contribution in [-0.4, -0.2) is 37.1 Å². The lowest BCUT2D eigenvalue weighted by Crippen LogP contribution is -2.29. The molecule has 1 aromatic rings. The molecule has 1 aliphatic rings. The molecule has 1 aliphatic heterocycles. The molecule has 0 aliphatic carbocycles. The van der Waals surface area contributed by atoms with E-state index < -0.39 is 6.10 Å². The van der Waals surface area contributed by atoms with Gasteiger partial charge >= 0.3 is 0 Å². The summed E-state index contributed by atoms with van der Waals surface area (Å²) in [6.07, 6.45) is 1.74. The molecular weight excluding hydrogens is 353 g/mol. The molecule has 1 aromatic carbocycles. The highest BCUT2D eigenvalue weighted by Gasteiger charge is 2.29. The fourth-order valence-corrected chi connectivity index (χ4v) is 2.67. The van der Waals surface area contributed by atoms with Crippen molar-refractivity contribution < 1.29 is 14.3 Å². The summed E-state index contributed by atoms with van der Waals surface area (Å²) in [6.45, 7) is 2.98. The number of hydrogen-bond donors (Lipinski definition) is 3. The van der Waals surface area contributed by atoms with E-state index in [0.717, 1.165) is 12.8 Å². The van der Waals surface area contributed by atoms with Crippen molar-refractivity contribution in [2.24, 2.45) is 5.73 Å². The first-order valence-electron chi connectivity index (χ1n) is 7.79. The van der Waals surface area contributed by atoms with Crippen LogP contribution in [0.1, 0.15) is 36.5 Å². The maximum atomic E-state index is 12.1. The van der Waals surface area contributed by atoms with Crippen LogP contribution in [0, 0.1) is 0 Å².